The molecule has 0 aromatic heterocycles. The standard InChI is InChI=1S/C21H24N2O3S/c1-15-19-14-18(7-8-20(19)22-21(15)24)27(25,26)23-11-9-17(10-12-23)13-16-5-3-2-4-6-16/h2-8,14-15,17H,9-13H2,1H3,(H,22,24)/t15-/m1/s1. The number of nitrogens with one attached hydrogen (secondary N) is 1. The maximum Gasteiger partial charge on any atom is 0.243 e. The largest absolute Gasteiger partial charge is 0.325 e. The maximum absolute atomic E-state index is 13.1. The minimum atomic E-state index is -3.53. The van der Waals surface area contributed by atoms with E-state index in [2.05, 4.69) is 17.4 Å². The summed E-state index contributed by atoms with van der Waals surface area (Å²) >= 11 is 0. The molecule has 0 saturated carbocycles. The van der Waals surface area contributed by atoms with Crippen molar-refractivity contribution < 1.29 is 13.2 Å². The molecular formula is C21H24N2O3S. The van der Waals surface area contributed by atoms with Crippen molar-refractivity contribution in [3.8, 4) is 0 Å². The maximum atomic E-state index is 13.1. The number of carbonyl (C=O) groups is 1. The topological polar surface area (TPSA) is 66.5 Å². The first kappa shape index (κ1) is 18.2. The van der Waals surface area contributed by atoms with E-state index in [-0.39, 0.29) is 16.7 Å². The van der Waals surface area contributed by atoms with Crippen LogP contribution < -0.4 is 5.32 Å². The fourth-order valence-electron chi connectivity index (χ4n) is 4.01. The SMILES string of the molecule is C[C@H]1C(=O)Nc2ccc(S(=O)(=O)N3CCC(Cc4ccccc4)CC3)cc21. The highest BCUT2D eigenvalue weighted by Crippen LogP contribution is 2.35. The molecule has 0 aliphatic carbocycles. The highest BCUT2D eigenvalue weighted by Gasteiger charge is 2.32. The van der Waals surface area contributed by atoms with Crippen LogP contribution in [0.3, 0.4) is 0 Å². The van der Waals surface area contributed by atoms with Crippen molar-refractivity contribution >= 4 is 21.6 Å². The van der Waals surface area contributed by atoms with Crippen LogP contribution in [0, 0.1) is 5.92 Å². The third kappa shape index (κ3) is 3.51. The molecule has 0 bridgehead atoms. The summed E-state index contributed by atoms with van der Waals surface area (Å²) in [6, 6.07) is 15.3. The molecule has 2 aromatic rings. The molecule has 2 aliphatic heterocycles. The molecule has 142 valence electrons. The Morgan fingerprint density at radius 3 is 2.48 bits per heavy atom. The number of piperidine rings is 1. The van der Waals surface area contributed by atoms with Crippen molar-refractivity contribution in [1.29, 1.82) is 0 Å². The first-order valence-electron chi connectivity index (χ1n) is 9.44. The Morgan fingerprint density at radius 1 is 1.07 bits per heavy atom. The van der Waals surface area contributed by atoms with Gasteiger partial charge in [0.15, 0.2) is 0 Å². The third-order valence-electron chi connectivity index (χ3n) is 5.72. The highest BCUT2D eigenvalue weighted by atomic mass is 32.2. The van der Waals surface area contributed by atoms with Gasteiger partial charge in [0, 0.05) is 18.8 Å². The van der Waals surface area contributed by atoms with Gasteiger partial charge in [-0.2, -0.15) is 4.31 Å². The smallest absolute Gasteiger partial charge is 0.243 e. The van der Waals surface area contributed by atoms with E-state index >= 15 is 0 Å². The van der Waals surface area contributed by atoms with Crippen LogP contribution in [0.25, 0.3) is 0 Å². The number of hydrogen-bond donors (Lipinski definition) is 1. The van der Waals surface area contributed by atoms with Gasteiger partial charge in [0.2, 0.25) is 15.9 Å². The van der Waals surface area contributed by atoms with Crippen molar-refractivity contribution in [2.24, 2.45) is 5.92 Å². The van der Waals surface area contributed by atoms with E-state index in [9.17, 15) is 13.2 Å². The molecule has 1 saturated heterocycles. The number of rotatable bonds is 4. The van der Waals surface area contributed by atoms with E-state index < -0.39 is 10.0 Å². The van der Waals surface area contributed by atoms with Gasteiger partial charge in [-0.15, -0.1) is 0 Å². The van der Waals surface area contributed by atoms with Gasteiger partial charge in [-0.25, -0.2) is 8.42 Å². The molecule has 2 heterocycles. The van der Waals surface area contributed by atoms with E-state index in [1.165, 1.54) is 5.56 Å². The molecule has 1 atom stereocenters. The van der Waals surface area contributed by atoms with Crippen LogP contribution in [0.4, 0.5) is 5.69 Å². The Labute approximate surface area is 160 Å². The molecule has 0 unspecified atom stereocenters. The average molecular weight is 385 g/mol. The Hall–Kier alpha value is -2.18. The molecule has 2 aromatic carbocycles. The Morgan fingerprint density at radius 2 is 1.78 bits per heavy atom. The van der Waals surface area contributed by atoms with E-state index in [1.807, 2.05) is 18.2 Å². The minimum Gasteiger partial charge on any atom is -0.325 e. The van der Waals surface area contributed by atoms with Crippen LogP contribution in [0.1, 0.15) is 36.8 Å². The second-order valence-electron chi connectivity index (χ2n) is 7.50. The fourth-order valence-corrected chi connectivity index (χ4v) is 5.51. The van der Waals surface area contributed by atoms with E-state index in [0.29, 0.717) is 24.7 Å². The first-order valence-corrected chi connectivity index (χ1v) is 10.9. The van der Waals surface area contributed by atoms with Gasteiger partial charge in [0.25, 0.3) is 0 Å². The molecule has 6 heteroatoms. The Kier molecular flexibility index (Phi) is 4.78. The molecular weight excluding hydrogens is 360 g/mol. The van der Waals surface area contributed by atoms with E-state index in [1.54, 1.807) is 29.4 Å². The zero-order valence-corrected chi connectivity index (χ0v) is 16.2. The molecule has 1 fully saturated rings. The first-order chi connectivity index (χ1) is 12.9. The molecule has 5 nitrogen and oxygen atoms in total. The van der Waals surface area contributed by atoms with Crippen molar-refractivity contribution in [2.75, 3.05) is 18.4 Å². The van der Waals surface area contributed by atoms with Gasteiger partial charge in [0.1, 0.15) is 0 Å². The van der Waals surface area contributed by atoms with Crippen LogP contribution in [-0.4, -0.2) is 31.7 Å². The lowest BCUT2D eigenvalue weighted by atomic mass is 9.91. The summed E-state index contributed by atoms with van der Waals surface area (Å²) in [7, 11) is -3.53. The van der Waals surface area contributed by atoms with Crippen molar-refractivity contribution in [2.45, 2.75) is 37.0 Å². The molecule has 1 amide bonds. The van der Waals surface area contributed by atoms with Crippen molar-refractivity contribution in [1.82, 2.24) is 4.31 Å². The summed E-state index contributed by atoms with van der Waals surface area (Å²) in [4.78, 5) is 12.1. The van der Waals surface area contributed by atoms with Crippen molar-refractivity contribution in [3.05, 3.63) is 59.7 Å². The van der Waals surface area contributed by atoms with Crippen LogP contribution in [-0.2, 0) is 21.2 Å². The number of anilines is 1. The summed E-state index contributed by atoms with van der Waals surface area (Å²) in [5.41, 5.74) is 2.79. The summed E-state index contributed by atoms with van der Waals surface area (Å²) < 4.78 is 27.7. The van der Waals surface area contributed by atoms with Gasteiger partial charge in [-0.05, 0) is 61.4 Å². The van der Waals surface area contributed by atoms with Crippen LogP contribution >= 0.6 is 0 Å². The monoisotopic (exact) mass is 384 g/mol. The highest BCUT2D eigenvalue weighted by molar-refractivity contribution is 7.89. The van der Waals surface area contributed by atoms with E-state index in [4.69, 9.17) is 0 Å². The molecule has 0 radical (unpaired) electrons. The zero-order valence-electron chi connectivity index (χ0n) is 15.4. The second kappa shape index (κ2) is 7.09. The number of hydrogen-bond acceptors (Lipinski definition) is 3. The number of benzene rings is 2. The molecule has 0 spiro atoms. The van der Waals surface area contributed by atoms with Crippen LogP contribution in [0.15, 0.2) is 53.4 Å². The van der Waals surface area contributed by atoms with Gasteiger partial charge in [0.05, 0.1) is 10.8 Å². The normalized spacial score (nSPS) is 21.1. The summed E-state index contributed by atoms with van der Waals surface area (Å²) in [6.45, 7) is 2.89. The van der Waals surface area contributed by atoms with E-state index in [0.717, 1.165) is 24.8 Å². The summed E-state index contributed by atoms with van der Waals surface area (Å²) in [5, 5.41) is 2.79. The molecule has 1 N–H and O–H groups in total. The summed E-state index contributed by atoms with van der Waals surface area (Å²) in [5.74, 6) is 0.119. The van der Waals surface area contributed by atoms with Gasteiger partial charge in [-0.3, -0.25) is 4.79 Å². The number of sulfonamides is 1. The van der Waals surface area contributed by atoms with Crippen molar-refractivity contribution in [3.63, 3.8) is 0 Å². The molecule has 4 rings (SSSR count). The number of carbonyl (C=O) groups excluding carboxylic acids is 1. The lowest BCUT2D eigenvalue weighted by Crippen LogP contribution is -2.38. The molecule has 27 heavy (non-hydrogen) atoms. The predicted octanol–water partition coefficient (Wildman–Crippen LogP) is 3.39. The third-order valence-corrected chi connectivity index (χ3v) is 7.61. The van der Waals surface area contributed by atoms with Crippen LogP contribution in [0.5, 0.6) is 0 Å². The predicted molar refractivity (Wildman–Crippen MR) is 105 cm³/mol. The Balaban J connectivity index is 1.46. The number of fused-ring (bicyclic) bond motifs is 1. The zero-order chi connectivity index (χ0) is 19.0. The van der Waals surface area contributed by atoms with Gasteiger partial charge in [-0.1, -0.05) is 30.3 Å². The number of nitrogens with zero attached hydrogens (tertiary/aromatic N) is 1. The Bertz CT molecular complexity index is 949. The quantitative estimate of drug-likeness (QED) is 0.879. The number of amides is 1. The van der Waals surface area contributed by atoms with Gasteiger partial charge < -0.3 is 5.32 Å². The molecule has 2 aliphatic rings. The lowest BCUT2D eigenvalue weighted by molar-refractivity contribution is -0.116. The van der Waals surface area contributed by atoms with Gasteiger partial charge >= 0.3 is 0 Å². The van der Waals surface area contributed by atoms with Crippen LogP contribution in [0.2, 0.25) is 0 Å². The lowest BCUT2D eigenvalue weighted by Gasteiger charge is -2.31. The summed E-state index contributed by atoms with van der Waals surface area (Å²) in [6.07, 6.45) is 2.74. The average Bonchev–Trinajstić information content (AvgIpc) is 2.97. The fraction of sp³-hybridized carbons (Fsp3) is 0.381. The minimum absolute atomic E-state index is 0.0822. The second-order valence-corrected chi connectivity index (χ2v) is 9.44.